The molecule has 1 saturated heterocycles. The van der Waals surface area contributed by atoms with Gasteiger partial charge in [0, 0.05) is 11.6 Å². The normalized spacial score (nSPS) is 32.6. The van der Waals surface area contributed by atoms with Gasteiger partial charge in [0.1, 0.15) is 0 Å². The highest BCUT2D eigenvalue weighted by Crippen LogP contribution is 2.66. The Bertz CT molecular complexity index is 881. The standard InChI is InChI=1S/C27H45BO3Si2/c1-11-22(30-32(6,7)8)25(33(9,10)21-15-13-12-14-16-21)19(2)28-29-24-18-20-17-23(26(20,3)4)27(24,5)31-28/h12-16,20,22-25H,2,11,17-18H2,1,3-10H3/t20-,22-,23-,24+,25+,27-/m1/s1. The molecule has 33 heavy (non-hydrogen) atoms. The van der Waals surface area contributed by atoms with Gasteiger partial charge in [0.25, 0.3) is 0 Å². The lowest BCUT2D eigenvalue weighted by molar-refractivity contribution is -0.199. The first-order valence-corrected chi connectivity index (χ1v) is 19.5. The van der Waals surface area contributed by atoms with Crippen molar-refractivity contribution >= 4 is 28.7 Å². The minimum absolute atomic E-state index is 0.138. The number of rotatable bonds is 8. The van der Waals surface area contributed by atoms with Crippen molar-refractivity contribution in [2.45, 2.75) is 103 Å². The highest BCUT2D eigenvalue weighted by Gasteiger charge is 2.68. The molecule has 1 heterocycles. The molecule has 3 aliphatic carbocycles. The van der Waals surface area contributed by atoms with E-state index in [1.165, 1.54) is 11.6 Å². The predicted octanol–water partition coefficient (Wildman–Crippen LogP) is 6.43. The van der Waals surface area contributed by atoms with Crippen LogP contribution in [0, 0.1) is 17.3 Å². The highest BCUT2D eigenvalue weighted by atomic mass is 28.4. The maximum atomic E-state index is 6.89. The summed E-state index contributed by atoms with van der Waals surface area (Å²) in [7, 11) is -4.07. The van der Waals surface area contributed by atoms with Crippen LogP contribution in [0.3, 0.4) is 0 Å². The Hall–Kier alpha value is -0.661. The lowest BCUT2D eigenvalue weighted by Crippen LogP contribution is -2.65. The van der Waals surface area contributed by atoms with Crippen molar-refractivity contribution in [1.29, 1.82) is 0 Å². The molecule has 0 aromatic heterocycles. The van der Waals surface area contributed by atoms with E-state index in [1.54, 1.807) is 0 Å². The topological polar surface area (TPSA) is 27.7 Å². The molecule has 0 N–H and O–H groups in total. The van der Waals surface area contributed by atoms with Crippen LogP contribution in [0.25, 0.3) is 0 Å². The zero-order valence-corrected chi connectivity index (χ0v) is 24.4. The van der Waals surface area contributed by atoms with Crippen molar-refractivity contribution < 1.29 is 13.7 Å². The van der Waals surface area contributed by atoms with Gasteiger partial charge in [-0.25, -0.2) is 0 Å². The summed E-state index contributed by atoms with van der Waals surface area (Å²) >= 11 is 0. The van der Waals surface area contributed by atoms with Gasteiger partial charge >= 0.3 is 7.12 Å². The third-order valence-electron chi connectivity index (χ3n) is 9.23. The first kappa shape index (κ1) is 25.4. The Balaban J connectivity index is 1.67. The van der Waals surface area contributed by atoms with Crippen LogP contribution in [-0.2, 0) is 13.7 Å². The SMILES string of the molecule is C=C(B1O[C@H]2C[C@H]3C[C@H](C3(C)C)[C@@]2(C)O1)[C@@H]([C@@H](CC)O[Si](C)(C)C)[Si](C)(C)c1ccccc1. The zero-order chi connectivity index (χ0) is 24.4. The van der Waals surface area contributed by atoms with Gasteiger partial charge in [-0.15, -0.1) is 6.58 Å². The zero-order valence-electron chi connectivity index (χ0n) is 22.4. The van der Waals surface area contributed by atoms with E-state index in [1.807, 2.05) is 0 Å². The number of hydrogen-bond donors (Lipinski definition) is 0. The molecule has 5 rings (SSSR count). The van der Waals surface area contributed by atoms with Gasteiger partial charge in [0.15, 0.2) is 8.32 Å². The molecule has 3 saturated carbocycles. The average Bonchev–Trinajstić information content (AvgIpc) is 3.09. The van der Waals surface area contributed by atoms with E-state index in [2.05, 4.69) is 90.8 Å². The average molecular weight is 485 g/mol. The van der Waals surface area contributed by atoms with Crippen molar-refractivity contribution in [1.82, 2.24) is 0 Å². The van der Waals surface area contributed by atoms with Crippen molar-refractivity contribution in [3.8, 4) is 0 Å². The van der Waals surface area contributed by atoms with E-state index < -0.39 is 16.4 Å². The molecule has 1 aromatic carbocycles. The van der Waals surface area contributed by atoms with Crippen LogP contribution < -0.4 is 5.19 Å². The van der Waals surface area contributed by atoms with E-state index in [0.717, 1.165) is 24.2 Å². The summed E-state index contributed by atoms with van der Waals surface area (Å²) in [5.74, 6) is 1.31. The van der Waals surface area contributed by atoms with Crippen molar-refractivity contribution in [3.05, 3.63) is 42.4 Å². The molecule has 0 amide bonds. The fraction of sp³-hybridized carbons (Fsp3) is 0.704. The molecule has 1 aromatic rings. The lowest BCUT2D eigenvalue weighted by Gasteiger charge is -2.64. The minimum atomic E-state index is -1.99. The second-order valence-electron chi connectivity index (χ2n) is 13.1. The largest absolute Gasteiger partial charge is 0.489 e. The molecule has 1 aliphatic heterocycles. The van der Waals surface area contributed by atoms with Crippen molar-refractivity contribution in [2.75, 3.05) is 0 Å². The Kier molecular flexibility index (Phi) is 6.53. The summed E-state index contributed by atoms with van der Waals surface area (Å²) in [5.41, 5.74) is 1.46. The van der Waals surface area contributed by atoms with Gasteiger partial charge in [-0.1, -0.05) is 69.4 Å². The second-order valence-corrected chi connectivity index (χ2v) is 22.2. The van der Waals surface area contributed by atoms with Crippen LogP contribution >= 0.6 is 0 Å². The molecular weight excluding hydrogens is 439 g/mol. The smallest absolute Gasteiger partial charge is 0.414 e. The fourth-order valence-electron chi connectivity index (χ4n) is 7.23. The van der Waals surface area contributed by atoms with Crippen molar-refractivity contribution in [3.63, 3.8) is 0 Å². The summed E-state index contributed by atoms with van der Waals surface area (Å²) in [4.78, 5) is 0. The lowest BCUT2D eigenvalue weighted by atomic mass is 9.43. The van der Waals surface area contributed by atoms with Crippen LogP contribution in [0.15, 0.2) is 42.4 Å². The third-order valence-corrected chi connectivity index (χ3v) is 14.4. The summed E-state index contributed by atoms with van der Waals surface area (Å²) in [6, 6.07) is 11.0. The maximum absolute atomic E-state index is 6.89. The first-order valence-electron chi connectivity index (χ1n) is 13.0. The molecule has 6 atom stereocenters. The molecule has 2 bridgehead atoms. The molecule has 4 aliphatic rings. The first-order chi connectivity index (χ1) is 15.2. The quantitative estimate of drug-likeness (QED) is 0.398. The van der Waals surface area contributed by atoms with Gasteiger partial charge in [0.2, 0.25) is 0 Å². The molecule has 4 fully saturated rings. The van der Waals surface area contributed by atoms with E-state index in [0.29, 0.717) is 11.3 Å². The molecule has 3 nitrogen and oxygen atoms in total. The summed E-state index contributed by atoms with van der Waals surface area (Å²) in [5, 5.41) is 1.44. The Morgan fingerprint density at radius 1 is 1.12 bits per heavy atom. The number of benzene rings is 1. The van der Waals surface area contributed by atoms with Crippen LogP contribution in [0.2, 0.25) is 38.3 Å². The van der Waals surface area contributed by atoms with Gasteiger partial charge in [-0.3, -0.25) is 0 Å². The Labute approximate surface area is 205 Å². The fourth-order valence-corrected chi connectivity index (χ4v) is 12.3. The third kappa shape index (κ3) is 4.29. The Morgan fingerprint density at radius 2 is 1.76 bits per heavy atom. The number of hydrogen-bond acceptors (Lipinski definition) is 3. The van der Waals surface area contributed by atoms with Gasteiger partial charge < -0.3 is 13.7 Å². The molecule has 6 heteroatoms. The maximum Gasteiger partial charge on any atom is 0.489 e. The molecule has 0 unspecified atom stereocenters. The minimum Gasteiger partial charge on any atom is -0.414 e. The summed E-state index contributed by atoms with van der Waals surface area (Å²) < 4.78 is 20.5. The van der Waals surface area contributed by atoms with Crippen LogP contribution in [0.5, 0.6) is 0 Å². The van der Waals surface area contributed by atoms with E-state index in [4.69, 9.17) is 20.3 Å². The molecular formula is C27H45BO3Si2. The van der Waals surface area contributed by atoms with Gasteiger partial charge in [-0.2, -0.15) is 0 Å². The predicted molar refractivity (Wildman–Crippen MR) is 145 cm³/mol. The Morgan fingerprint density at radius 3 is 2.30 bits per heavy atom. The van der Waals surface area contributed by atoms with Gasteiger partial charge in [-0.05, 0) is 68.6 Å². The second kappa shape index (κ2) is 8.48. The monoisotopic (exact) mass is 484 g/mol. The van der Waals surface area contributed by atoms with Gasteiger partial charge in [0.05, 0.1) is 19.8 Å². The molecule has 0 spiro atoms. The van der Waals surface area contributed by atoms with Crippen LogP contribution in [0.4, 0.5) is 0 Å². The molecule has 0 radical (unpaired) electrons. The summed E-state index contributed by atoms with van der Waals surface area (Å²) in [6.45, 7) is 25.9. The van der Waals surface area contributed by atoms with Crippen molar-refractivity contribution in [2.24, 2.45) is 17.3 Å². The highest BCUT2D eigenvalue weighted by molar-refractivity contribution is 6.92. The molecule has 182 valence electrons. The summed E-state index contributed by atoms with van der Waals surface area (Å²) in [6.07, 6.45) is 3.67. The van der Waals surface area contributed by atoms with E-state index >= 15 is 0 Å². The van der Waals surface area contributed by atoms with E-state index in [9.17, 15) is 0 Å². The van der Waals surface area contributed by atoms with Crippen LogP contribution in [0.1, 0.15) is 47.0 Å². The van der Waals surface area contributed by atoms with E-state index in [-0.39, 0.29) is 30.5 Å². The van der Waals surface area contributed by atoms with Crippen LogP contribution in [-0.4, -0.2) is 41.3 Å².